The van der Waals surface area contributed by atoms with E-state index in [9.17, 15) is 9.36 Å². The van der Waals surface area contributed by atoms with Gasteiger partial charge >= 0.3 is 13.6 Å². The van der Waals surface area contributed by atoms with Gasteiger partial charge in [0.2, 0.25) is 0 Å². The lowest BCUT2D eigenvalue weighted by atomic mass is 10.1. The van der Waals surface area contributed by atoms with E-state index in [4.69, 9.17) is 13.8 Å². The topological polar surface area (TPSA) is 61.8 Å². The Morgan fingerprint density at radius 1 is 0.758 bits per heavy atom. The maximum absolute atomic E-state index is 13.9. The molecule has 0 aliphatic carbocycles. The standard InChI is InChI=1S/C27H45O5P/c1-4-7-9-11-13-18-22-31-33(29,32-23-19-14-12-10-8-5-2)26(27(28)30-6-3)24-25-20-16-15-17-21-25/h15-17,20-21,24H,4-14,18-19,22-23H2,1-3H3/b26-24+. The van der Waals surface area contributed by atoms with Gasteiger partial charge in [-0.3, -0.25) is 4.57 Å². The van der Waals surface area contributed by atoms with Crippen molar-refractivity contribution in [2.75, 3.05) is 19.8 Å². The molecule has 0 aliphatic heterocycles. The second kappa shape index (κ2) is 18.9. The Labute approximate surface area is 201 Å². The van der Waals surface area contributed by atoms with Crippen molar-refractivity contribution in [1.29, 1.82) is 0 Å². The van der Waals surface area contributed by atoms with Gasteiger partial charge in [-0.1, -0.05) is 108 Å². The Balaban J connectivity index is 2.89. The van der Waals surface area contributed by atoms with Crippen LogP contribution in [0, 0.1) is 0 Å². The predicted molar refractivity (Wildman–Crippen MR) is 137 cm³/mol. The molecule has 0 heterocycles. The average Bonchev–Trinajstić information content (AvgIpc) is 2.82. The summed E-state index contributed by atoms with van der Waals surface area (Å²) in [7, 11) is -3.82. The van der Waals surface area contributed by atoms with E-state index in [1.165, 1.54) is 38.5 Å². The molecule has 0 radical (unpaired) electrons. The van der Waals surface area contributed by atoms with E-state index < -0.39 is 13.6 Å². The van der Waals surface area contributed by atoms with Crippen LogP contribution in [0.25, 0.3) is 6.08 Å². The molecule has 1 aromatic carbocycles. The molecule has 0 saturated carbocycles. The van der Waals surface area contributed by atoms with E-state index in [0.29, 0.717) is 13.2 Å². The molecular formula is C27H45O5P. The van der Waals surface area contributed by atoms with Gasteiger partial charge in [0.15, 0.2) is 0 Å². The fourth-order valence-electron chi connectivity index (χ4n) is 3.47. The van der Waals surface area contributed by atoms with Gasteiger partial charge in [-0.05, 0) is 31.4 Å². The second-order valence-corrected chi connectivity index (χ2v) is 10.4. The summed E-state index contributed by atoms with van der Waals surface area (Å²) in [6.45, 7) is 6.90. The normalized spacial score (nSPS) is 12.2. The van der Waals surface area contributed by atoms with Crippen LogP contribution in [-0.2, 0) is 23.1 Å². The van der Waals surface area contributed by atoms with Gasteiger partial charge in [0, 0.05) is 0 Å². The van der Waals surface area contributed by atoms with Gasteiger partial charge in [0.05, 0.1) is 19.8 Å². The van der Waals surface area contributed by atoms with Crippen molar-refractivity contribution in [3.05, 3.63) is 41.2 Å². The van der Waals surface area contributed by atoms with Crippen LogP contribution in [0.3, 0.4) is 0 Å². The smallest absolute Gasteiger partial charge is 0.368 e. The summed E-state index contributed by atoms with van der Waals surface area (Å²) < 4.78 is 30.8. The Kier molecular flexibility index (Phi) is 17.0. The van der Waals surface area contributed by atoms with Crippen LogP contribution >= 0.6 is 7.60 Å². The number of rotatable bonds is 20. The van der Waals surface area contributed by atoms with Gasteiger partial charge in [-0.25, -0.2) is 4.79 Å². The summed E-state index contributed by atoms with van der Waals surface area (Å²) in [5.74, 6) is -0.643. The molecule has 0 amide bonds. The average molecular weight is 481 g/mol. The van der Waals surface area contributed by atoms with Crippen LogP contribution < -0.4 is 0 Å². The van der Waals surface area contributed by atoms with Crippen molar-refractivity contribution in [1.82, 2.24) is 0 Å². The molecule has 0 N–H and O–H groups in total. The molecule has 0 unspecified atom stereocenters. The summed E-state index contributed by atoms with van der Waals surface area (Å²) in [6.07, 6.45) is 14.7. The zero-order chi connectivity index (χ0) is 24.2. The Morgan fingerprint density at radius 3 is 1.73 bits per heavy atom. The highest BCUT2D eigenvalue weighted by atomic mass is 31.2. The van der Waals surface area contributed by atoms with Crippen molar-refractivity contribution < 1.29 is 23.1 Å². The quantitative estimate of drug-likeness (QED) is 0.0810. The van der Waals surface area contributed by atoms with Crippen LogP contribution in [0.2, 0.25) is 0 Å². The molecule has 0 bridgehead atoms. The first kappa shape index (κ1) is 29.6. The molecular weight excluding hydrogens is 435 g/mol. The third-order valence-corrected chi connectivity index (χ3v) is 7.35. The van der Waals surface area contributed by atoms with Crippen molar-refractivity contribution >= 4 is 19.6 Å². The van der Waals surface area contributed by atoms with Crippen LogP contribution in [-0.4, -0.2) is 25.8 Å². The molecule has 0 aromatic heterocycles. The highest BCUT2D eigenvalue weighted by Gasteiger charge is 2.36. The number of ether oxygens (including phenoxy) is 1. The number of hydrogen-bond acceptors (Lipinski definition) is 5. The minimum atomic E-state index is -3.82. The van der Waals surface area contributed by atoms with E-state index in [1.54, 1.807) is 13.0 Å². The summed E-state index contributed by atoms with van der Waals surface area (Å²) in [6, 6.07) is 9.34. The lowest BCUT2D eigenvalue weighted by Gasteiger charge is -2.21. The van der Waals surface area contributed by atoms with Crippen LogP contribution in [0.4, 0.5) is 0 Å². The minimum absolute atomic E-state index is 0.0208. The molecule has 5 nitrogen and oxygen atoms in total. The number of unbranched alkanes of at least 4 members (excludes halogenated alkanes) is 10. The summed E-state index contributed by atoms with van der Waals surface area (Å²) in [4.78, 5) is 12.8. The Morgan fingerprint density at radius 2 is 1.24 bits per heavy atom. The molecule has 6 heteroatoms. The van der Waals surface area contributed by atoms with Crippen molar-refractivity contribution in [3.63, 3.8) is 0 Å². The van der Waals surface area contributed by atoms with Gasteiger partial charge in [-0.2, -0.15) is 0 Å². The van der Waals surface area contributed by atoms with E-state index in [-0.39, 0.29) is 11.9 Å². The van der Waals surface area contributed by atoms with E-state index in [0.717, 1.165) is 44.1 Å². The van der Waals surface area contributed by atoms with Gasteiger partial charge in [-0.15, -0.1) is 0 Å². The number of carbonyl (C=O) groups is 1. The lowest BCUT2D eigenvalue weighted by Crippen LogP contribution is -2.12. The molecule has 1 rings (SSSR count). The maximum atomic E-state index is 13.9. The molecule has 1 aromatic rings. The van der Waals surface area contributed by atoms with Gasteiger partial charge < -0.3 is 13.8 Å². The highest BCUT2D eigenvalue weighted by molar-refractivity contribution is 7.60. The molecule has 0 aliphatic rings. The van der Waals surface area contributed by atoms with Crippen molar-refractivity contribution in [2.24, 2.45) is 0 Å². The summed E-state index contributed by atoms with van der Waals surface area (Å²) in [5.41, 5.74) is 0.757. The number of carbonyl (C=O) groups excluding carboxylic acids is 1. The van der Waals surface area contributed by atoms with E-state index in [1.807, 2.05) is 30.3 Å². The summed E-state index contributed by atoms with van der Waals surface area (Å²) >= 11 is 0. The van der Waals surface area contributed by atoms with E-state index >= 15 is 0 Å². The molecule has 0 fully saturated rings. The predicted octanol–water partition coefficient (Wildman–Crippen LogP) is 8.54. The highest BCUT2D eigenvalue weighted by Crippen LogP contribution is 2.57. The largest absolute Gasteiger partial charge is 0.462 e. The molecule has 33 heavy (non-hydrogen) atoms. The minimum Gasteiger partial charge on any atom is -0.462 e. The third kappa shape index (κ3) is 13.2. The Bertz CT molecular complexity index is 680. The first-order valence-electron chi connectivity index (χ1n) is 12.9. The second-order valence-electron chi connectivity index (χ2n) is 8.36. The molecule has 0 spiro atoms. The SMILES string of the molecule is CCCCCCCCOP(=O)(OCCCCCCCC)/C(=C/c1ccccc1)C(=O)OCC. The lowest BCUT2D eigenvalue weighted by molar-refractivity contribution is -0.137. The zero-order valence-corrected chi connectivity index (χ0v) is 22.0. The number of esters is 1. The molecule has 188 valence electrons. The third-order valence-electron chi connectivity index (χ3n) is 5.40. The van der Waals surface area contributed by atoms with Crippen molar-refractivity contribution in [2.45, 2.75) is 97.8 Å². The first-order chi connectivity index (χ1) is 16.1. The van der Waals surface area contributed by atoms with Crippen LogP contribution in [0.1, 0.15) is 103 Å². The first-order valence-corrected chi connectivity index (χ1v) is 14.4. The zero-order valence-electron chi connectivity index (χ0n) is 21.1. The fourth-order valence-corrected chi connectivity index (χ4v) is 5.16. The fraction of sp³-hybridized carbons (Fsp3) is 0.667. The van der Waals surface area contributed by atoms with Crippen LogP contribution in [0.5, 0.6) is 0 Å². The number of hydrogen-bond donors (Lipinski definition) is 0. The van der Waals surface area contributed by atoms with Crippen LogP contribution in [0.15, 0.2) is 35.6 Å². The number of benzene rings is 1. The monoisotopic (exact) mass is 480 g/mol. The summed E-state index contributed by atoms with van der Waals surface area (Å²) in [5, 5.41) is -0.0208. The molecule has 0 saturated heterocycles. The molecule has 0 atom stereocenters. The van der Waals surface area contributed by atoms with Gasteiger partial charge in [0.1, 0.15) is 5.31 Å². The van der Waals surface area contributed by atoms with E-state index in [2.05, 4.69) is 13.8 Å². The van der Waals surface area contributed by atoms with Gasteiger partial charge in [0.25, 0.3) is 0 Å². The Hall–Kier alpha value is -1.42. The van der Waals surface area contributed by atoms with Crippen molar-refractivity contribution in [3.8, 4) is 0 Å². The maximum Gasteiger partial charge on any atom is 0.368 e.